The summed E-state index contributed by atoms with van der Waals surface area (Å²) in [6.45, 7) is 12.2. The van der Waals surface area contributed by atoms with Gasteiger partial charge in [0.25, 0.3) is 0 Å². The van der Waals surface area contributed by atoms with Gasteiger partial charge in [0.2, 0.25) is 23.6 Å². The number of carboxylic acids is 1. The minimum absolute atomic E-state index is 0.0142. The number of nitrogens with zero attached hydrogens (tertiary/aromatic N) is 3. The largest absolute Gasteiger partial charge is 0.480 e. The van der Waals surface area contributed by atoms with Crippen LogP contribution in [0, 0.1) is 17.8 Å². The number of hydrogen-bond acceptors (Lipinski definition) is 9. The number of likely N-dealkylation sites (tertiary alicyclic amines) is 1. The number of carbonyl (C=O) groups is 5. The van der Waals surface area contributed by atoms with Crippen LogP contribution in [0.2, 0.25) is 0 Å². The van der Waals surface area contributed by atoms with Gasteiger partial charge in [0.15, 0.2) is 0 Å². The van der Waals surface area contributed by atoms with E-state index >= 15 is 0 Å². The van der Waals surface area contributed by atoms with Crippen LogP contribution in [0.3, 0.4) is 0 Å². The molecule has 5 N–H and O–H groups in total. The van der Waals surface area contributed by atoms with Gasteiger partial charge in [-0.05, 0) is 62.4 Å². The summed E-state index contributed by atoms with van der Waals surface area (Å²) in [5, 5.41) is 15.4. The molecule has 5 unspecified atom stereocenters. The van der Waals surface area contributed by atoms with Gasteiger partial charge in [0, 0.05) is 39.9 Å². The molecule has 1 aromatic carbocycles. The molecular weight excluding hydrogens is 680 g/mol. The van der Waals surface area contributed by atoms with Crippen LogP contribution >= 0.6 is 0 Å². The lowest BCUT2D eigenvalue weighted by Gasteiger charge is -2.41. The minimum atomic E-state index is -1.16. The van der Waals surface area contributed by atoms with Crippen LogP contribution in [0.1, 0.15) is 79.2 Å². The molecule has 0 radical (unpaired) electrons. The van der Waals surface area contributed by atoms with Gasteiger partial charge < -0.3 is 40.7 Å². The molecule has 53 heavy (non-hydrogen) atoms. The summed E-state index contributed by atoms with van der Waals surface area (Å²) < 4.78 is 11.7. The van der Waals surface area contributed by atoms with Crippen molar-refractivity contribution in [2.45, 2.75) is 122 Å². The number of carboxylic acid groups (broad SMARTS) is 1. The molecule has 4 amide bonds. The van der Waals surface area contributed by atoms with E-state index < -0.39 is 54.3 Å². The predicted octanol–water partition coefficient (Wildman–Crippen LogP) is 2.78. The van der Waals surface area contributed by atoms with Gasteiger partial charge in [0.05, 0.1) is 43.2 Å². The van der Waals surface area contributed by atoms with Crippen molar-refractivity contribution in [1.29, 1.82) is 0 Å². The topological polar surface area (TPSA) is 184 Å². The number of nitrogens with two attached hydrogens (primary N) is 1. The second-order valence-corrected chi connectivity index (χ2v) is 15.4. The Morgan fingerprint density at radius 2 is 1.57 bits per heavy atom. The quantitative estimate of drug-likeness (QED) is 0.137. The third kappa shape index (κ3) is 12.7. The van der Waals surface area contributed by atoms with Gasteiger partial charge in [-0.3, -0.25) is 24.1 Å². The Morgan fingerprint density at radius 3 is 2.06 bits per heavy atom. The van der Waals surface area contributed by atoms with E-state index in [0.29, 0.717) is 37.1 Å². The average Bonchev–Trinajstić information content (AvgIpc) is 3.58. The molecule has 0 saturated carbocycles. The molecule has 0 aromatic heterocycles. The fraction of sp³-hybridized carbons (Fsp3) is 0.718. The zero-order valence-electron chi connectivity index (χ0n) is 33.8. The number of aliphatic carboxylic acids is 1. The van der Waals surface area contributed by atoms with Crippen molar-refractivity contribution in [1.82, 2.24) is 25.3 Å². The Labute approximate surface area is 316 Å². The zero-order chi connectivity index (χ0) is 40.2. The highest BCUT2D eigenvalue weighted by atomic mass is 16.5. The number of methoxy groups -OCH3 is 2. The fourth-order valence-corrected chi connectivity index (χ4v) is 7.51. The van der Waals surface area contributed by atoms with Crippen molar-refractivity contribution in [3.8, 4) is 0 Å². The highest BCUT2D eigenvalue weighted by molar-refractivity contribution is 5.90. The summed E-state index contributed by atoms with van der Waals surface area (Å²) in [5.74, 6) is -2.53. The molecule has 1 aliphatic rings. The van der Waals surface area contributed by atoms with E-state index in [1.165, 1.54) is 14.2 Å². The van der Waals surface area contributed by atoms with E-state index in [9.17, 15) is 29.1 Å². The van der Waals surface area contributed by atoms with E-state index in [1.54, 1.807) is 41.1 Å². The number of nitrogens with one attached hydrogen (secondary N) is 2. The first kappa shape index (κ1) is 45.4. The third-order valence-corrected chi connectivity index (χ3v) is 10.6. The number of ether oxygens (including phenoxy) is 2. The van der Waals surface area contributed by atoms with Crippen molar-refractivity contribution in [3.05, 3.63) is 29.8 Å². The number of anilines is 1. The predicted molar refractivity (Wildman–Crippen MR) is 205 cm³/mol. The Balaban J connectivity index is 2.23. The van der Waals surface area contributed by atoms with E-state index in [0.717, 1.165) is 0 Å². The van der Waals surface area contributed by atoms with E-state index in [4.69, 9.17) is 15.2 Å². The van der Waals surface area contributed by atoms with Crippen molar-refractivity contribution in [2.24, 2.45) is 17.8 Å². The summed E-state index contributed by atoms with van der Waals surface area (Å²) in [5.41, 5.74) is 7.02. The van der Waals surface area contributed by atoms with E-state index in [1.807, 2.05) is 60.5 Å². The molecule has 1 fully saturated rings. The van der Waals surface area contributed by atoms with Crippen LogP contribution in [0.4, 0.5) is 5.69 Å². The molecule has 0 bridgehead atoms. The smallest absolute Gasteiger partial charge is 0.326 e. The second-order valence-electron chi connectivity index (χ2n) is 15.4. The number of nitrogen functional groups attached to an aromatic ring is 1. The lowest BCUT2D eigenvalue weighted by molar-refractivity contribution is -0.147. The minimum Gasteiger partial charge on any atom is -0.480 e. The van der Waals surface area contributed by atoms with Gasteiger partial charge >= 0.3 is 5.97 Å². The third-order valence-electron chi connectivity index (χ3n) is 10.6. The fourth-order valence-electron chi connectivity index (χ4n) is 7.51. The van der Waals surface area contributed by atoms with Gasteiger partial charge in [0.1, 0.15) is 12.1 Å². The first-order chi connectivity index (χ1) is 24.9. The van der Waals surface area contributed by atoms with Crippen molar-refractivity contribution in [2.75, 3.05) is 47.6 Å². The SMILES string of the molecule is CCC(C)C(C(CC(=O)N1CCC[C@H]1C(CC(=O)N[C@@H](Cc1ccc(N)cc1)C(=O)O)OC)OC)N(C)C(=O)[C@@H](NC(=O)C(C(C)C)N(C)C)C(C)C. The van der Waals surface area contributed by atoms with E-state index in [-0.39, 0.29) is 54.7 Å². The van der Waals surface area contributed by atoms with Crippen molar-refractivity contribution < 1.29 is 38.6 Å². The van der Waals surface area contributed by atoms with Crippen LogP contribution in [-0.2, 0) is 39.9 Å². The van der Waals surface area contributed by atoms with Gasteiger partial charge in [-0.25, -0.2) is 4.79 Å². The second kappa shape index (κ2) is 21.2. The maximum Gasteiger partial charge on any atom is 0.326 e. The van der Waals surface area contributed by atoms with Gasteiger partial charge in [-0.1, -0.05) is 60.1 Å². The molecule has 1 heterocycles. The monoisotopic (exact) mass is 746 g/mol. The molecule has 2 rings (SSSR count). The molecule has 0 aliphatic carbocycles. The van der Waals surface area contributed by atoms with Crippen LogP contribution in [0.15, 0.2) is 24.3 Å². The summed E-state index contributed by atoms with van der Waals surface area (Å²) >= 11 is 0. The lowest BCUT2D eigenvalue weighted by Crippen LogP contribution is -2.59. The van der Waals surface area contributed by atoms with Crippen LogP contribution in [-0.4, -0.2) is 134 Å². The number of rotatable bonds is 21. The number of benzene rings is 1. The summed E-state index contributed by atoms with van der Waals surface area (Å²) in [7, 11) is 8.40. The summed E-state index contributed by atoms with van der Waals surface area (Å²) in [6.07, 6.45) is 0.635. The van der Waals surface area contributed by atoms with Crippen molar-refractivity contribution >= 4 is 35.3 Å². The number of hydrogen-bond donors (Lipinski definition) is 4. The van der Waals surface area contributed by atoms with Crippen LogP contribution in [0.5, 0.6) is 0 Å². The molecule has 1 aliphatic heterocycles. The van der Waals surface area contributed by atoms with Gasteiger partial charge in [-0.15, -0.1) is 0 Å². The first-order valence-corrected chi connectivity index (χ1v) is 18.8. The van der Waals surface area contributed by atoms with Crippen LogP contribution in [0.25, 0.3) is 0 Å². The Hall–Kier alpha value is -3.75. The number of amides is 4. The van der Waals surface area contributed by atoms with Crippen LogP contribution < -0.4 is 16.4 Å². The Bertz CT molecular complexity index is 1350. The molecule has 1 saturated heterocycles. The Kier molecular flexibility index (Phi) is 18.2. The average molecular weight is 747 g/mol. The maximum absolute atomic E-state index is 14.2. The molecule has 300 valence electrons. The van der Waals surface area contributed by atoms with E-state index in [2.05, 4.69) is 10.6 Å². The van der Waals surface area contributed by atoms with Crippen molar-refractivity contribution in [3.63, 3.8) is 0 Å². The molecule has 14 nitrogen and oxygen atoms in total. The molecular formula is C39H66N6O8. The standard InChI is InChI=1S/C39H66N6O8/c1-12-25(6)36(44(9)38(49)34(23(2)3)42-37(48)35(24(4)5)43(7)8)31(53-11)22-33(47)45-19-13-14-29(45)30(52-10)21-32(46)41-28(39(50)51)20-26-15-17-27(40)18-16-26/h15-18,23-25,28-31,34-36H,12-14,19-22,40H2,1-11H3,(H,41,46)(H,42,48)(H,50,51)/t25?,28-,29-,30?,31?,34-,35?,36?/m0/s1. The summed E-state index contributed by atoms with van der Waals surface area (Å²) in [6, 6.07) is 3.56. The molecule has 1 aromatic rings. The molecule has 14 heteroatoms. The Morgan fingerprint density at radius 1 is 0.943 bits per heavy atom. The normalized spacial score (nSPS) is 18.6. The number of carbonyl (C=O) groups excluding carboxylic acids is 4. The first-order valence-electron chi connectivity index (χ1n) is 18.8. The maximum atomic E-state index is 14.2. The molecule has 0 spiro atoms. The highest BCUT2D eigenvalue weighted by Gasteiger charge is 2.42. The lowest BCUT2D eigenvalue weighted by atomic mass is 9.89. The highest BCUT2D eigenvalue weighted by Crippen LogP contribution is 2.28. The molecule has 8 atom stereocenters. The zero-order valence-corrected chi connectivity index (χ0v) is 33.8. The number of likely N-dealkylation sites (N-methyl/N-ethyl adjacent to an activating group) is 2. The summed E-state index contributed by atoms with van der Waals surface area (Å²) in [4.78, 5) is 72.0. The van der Waals surface area contributed by atoms with Gasteiger partial charge in [-0.2, -0.15) is 0 Å².